The first kappa shape index (κ1) is 14.1. The van der Waals surface area contributed by atoms with Crippen molar-refractivity contribution in [2.75, 3.05) is 13.2 Å². The Hall–Kier alpha value is -0.990. The van der Waals surface area contributed by atoms with Crippen LogP contribution in [0, 0.1) is 0 Å². The Morgan fingerprint density at radius 1 is 1.53 bits per heavy atom. The van der Waals surface area contributed by atoms with Crippen LogP contribution in [-0.4, -0.2) is 13.2 Å². The van der Waals surface area contributed by atoms with E-state index in [-0.39, 0.29) is 0 Å². The van der Waals surface area contributed by atoms with Crippen LogP contribution in [0.4, 0.5) is 0 Å². The quantitative estimate of drug-likeness (QED) is 0.831. The van der Waals surface area contributed by atoms with Gasteiger partial charge in [0.25, 0.3) is 0 Å². The molecule has 1 N–H and O–H groups in total. The number of benzene rings is 1. The van der Waals surface area contributed by atoms with Crippen LogP contribution in [-0.2, 0) is 0 Å². The van der Waals surface area contributed by atoms with Gasteiger partial charge >= 0.3 is 0 Å². The maximum atomic E-state index is 5.65. The van der Waals surface area contributed by atoms with Gasteiger partial charge in [0, 0.05) is 11.6 Å². The van der Waals surface area contributed by atoms with Gasteiger partial charge in [-0.25, -0.2) is 0 Å². The molecule has 17 heavy (non-hydrogen) atoms. The zero-order valence-electron chi connectivity index (χ0n) is 10.7. The molecule has 1 aromatic carbocycles. The molecule has 0 radical (unpaired) electrons. The third kappa shape index (κ3) is 4.80. The van der Waals surface area contributed by atoms with Crippen LogP contribution in [0.25, 0.3) is 0 Å². The van der Waals surface area contributed by atoms with Crippen molar-refractivity contribution >= 4 is 11.6 Å². The van der Waals surface area contributed by atoms with Crippen molar-refractivity contribution in [2.24, 2.45) is 0 Å². The summed E-state index contributed by atoms with van der Waals surface area (Å²) in [5, 5.41) is 3.38. The molecule has 0 aliphatic carbocycles. The van der Waals surface area contributed by atoms with Gasteiger partial charge < -0.3 is 10.1 Å². The summed E-state index contributed by atoms with van der Waals surface area (Å²) in [4.78, 5) is 0. The van der Waals surface area contributed by atoms with E-state index in [1.165, 1.54) is 5.56 Å². The molecule has 0 spiro atoms. The van der Waals surface area contributed by atoms with Crippen LogP contribution >= 0.6 is 11.6 Å². The largest absolute Gasteiger partial charge is 0.489 e. The average Bonchev–Trinajstić information content (AvgIpc) is 2.36. The summed E-state index contributed by atoms with van der Waals surface area (Å²) in [5.41, 5.74) is 3.79. The van der Waals surface area contributed by atoms with Crippen molar-refractivity contribution < 1.29 is 4.74 Å². The zero-order chi connectivity index (χ0) is 12.7. The van der Waals surface area contributed by atoms with Gasteiger partial charge in [0.1, 0.15) is 12.4 Å². The summed E-state index contributed by atoms with van der Waals surface area (Å²) in [5.74, 6) is 0.880. The Labute approximate surface area is 109 Å². The number of rotatable bonds is 6. The highest BCUT2D eigenvalue weighted by Gasteiger charge is 2.04. The van der Waals surface area contributed by atoms with E-state index in [1.54, 1.807) is 5.54 Å². The first-order valence-electron chi connectivity index (χ1n) is 5.89. The van der Waals surface area contributed by atoms with Crippen LogP contribution in [0.5, 0.6) is 5.75 Å². The zero-order valence-corrected chi connectivity index (χ0v) is 11.4. The number of nitrogens with one attached hydrogen (secondary N) is 1. The van der Waals surface area contributed by atoms with Gasteiger partial charge in [-0.3, -0.25) is 0 Å². The summed E-state index contributed by atoms with van der Waals surface area (Å²) in [6.45, 7) is 7.68. The first-order chi connectivity index (χ1) is 8.17. The molecule has 3 heteroatoms. The molecule has 0 amide bonds. The number of hydrogen-bond donors (Lipinski definition) is 1. The highest BCUT2D eigenvalue weighted by Crippen LogP contribution is 2.19. The van der Waals surface area contributed by atoms with Gasteiger partial charge in [0.15, 0.2) is 0 Å². The van der Waals surface area contributed by atoms with E-state index >= 15 is 0 Å². The molecule has 0 saturated heterocycles. The topological polar surface area (TPSA) is 21.3 Å². The number of hydrogen-bond acceptors (Lipinski definition) is 2. The van der Waals surface area contributed by atoms with Crippen molar-refractivity contribution in [2.45, 2.75) is 26.8 Å². The lowest BCUT2D eigenvalue weighted by Gasteiger charge is -2.14. The third-order valence-electron chi connectivity index (χ3n) is 2.52. The van der Waals surface area contributed by atoms with Crippen molar-refractivity contribution in [1.82, 2.24) is 5.32 Å². The lowest BCUT2D eigenvalue weighted by molar-refractivity contribution is 0.351. The van der Waals surface area contributed by atoms with Crippen molar-refractivity contribution in [3.05, 3.63) is 40.9 Å². The van der Waals surface area contributed by atoms with Gasteiger partial charge in [-0.2, -0.15) is 0 Å². The molecule has 0 bridgehead atoms. The SMILES string of the molecule is CCNC(C)c1cccc(OC/C(C)=C/Cl)c1. The van der Waals surface area contributed by atoms with E-state index in [2.05, 4.69) is 31.3 Å². The van der Waals surface area contributed by atoms with Crippen molar-refractivity contribution in [3.63, 3.8) is 0 Å². The maximum absolute atomic E-state index is 5.65. The monoisotopic (exact) mass is 253 g/mol. The van der Waals surface area contributed by atoms with Crippen molar-refractivity contribution in [3.8, 4) is 5.75 Å². The van der Waals surface area contributed by atoms with Crippen LogP contribution < -0.4 is 10.1 Å². The predicted molar refractivity (Wildman–Crippen MR) is 73.6 cm³/mol. The van der Waals surface area contributed by atoms with Crippen molar-refractivity contribution in [1.29, 1.82) is 0 Å². The molecule has 94 valence electrons. The molecule has 1 atom stereocenters. The fourth-order valence-electron chi connectivity index (χ4n) is 1.53. The summed E-state index contributed by atoms with van der Waals surface area (Å²) >= 11 is 5.59. The van der Waals surface area contributed by atoms with E-state index in [9.17, 15) is 0 Å². The molecule has 1 rings (SSSR count). The molecule has 0 aliphatic rings. The van der Waals surface area contributed by atoms with Gasteiger partial charge in [0.05, 0.1) is 0 Å². The van der Waals surface area contributed by atoms with Crippen LogP contribution in [0.3, 0.4) is 0 Å². The van der Waals surface area contributed by atoms with E-state index in [0.717, 1.165) is 17.9 Å². The molecule has 0 aliphatic heterocycles. The normalized spacial score (nSPS) is 13.5. The van der Waals surface area contributed by atoms with Gasteiger partial charge in [-0.1, -0.05) is 30.7 Å². The van der Waals surface area contributed by atoms with E-state index in [4.69, 9.17) is 16.3 Å². The van der Waals surface area contributed by atoms with Gasteiger partial charge in [-0.05, 0) is 43.7 Å². The van der Waals surface area contributed by atoms with Crippen LogP contribution in [0.2, 0.25) is 0 Å². The molecule has 0 aromatic heterocycles. The summed E-state index contributed by atoms with van der Waals surface area (Å²) in [6, 6.07) is 8.48. The molecular weight excluding hydrogens is 234 g/mol. The lowest BCUT2D eigenvalue weighted by atomic mass is 10.1. The average molecular weight is 254 g/mol. The fourth-order valence-corrected chi connectivity index (χ4v) is 1.59. The highest BCUT2D eigenvalue weighted by atomic mass is 35.5. The molecule has 1 unspecified atom stereocenters. The lowest BCUT2D eigenvalue weighted by Crippen LogP contribution is -2.17. The van der Waals surface area contributed by atoms with E-state index in [0.29, 0.717) is 12.6 Å². The Morgan fingerprint density at radius 2 is 2.29 bits per heavy atom. The Balaban J connectivity index is 2.65. The first-order valence-corrected chi connectivity index (χ1v) is 6.33. The number of ether oxygens (including phenoxy) is 1. The predicted octanol–water partition coefficient (Wildman–Crippen LogP) is 3.88. The van der Waals surface area contributed by atoms with Gasteiger partial charge in [0.2, 0.25) is 0 Å². The summed E-state index contributed by atoms with van der Waals surface area (Å²) in [6.07, 6.45) is 0. The highest BCUT2D eigenvalue weighted by molar-refractivity contribution is 6.25. The number of halogens is 1. The maximum Gasteiger partial charge on any atom is 0.120 e. The minimum atomic E-state index is 0.341. The Morgan fingerprint density at radius 3 is 2.94 bits per heavy atom. The molecule has 0 saturated carbocycles. The molecule has 2 nitrogen and oxygen atoms in total. The minimum absolute atomic E-state index is 0.341. The standard InChI is InChI=1S/C14H20ClNO/c1-4-16-12(3)13-6-5-7-14(8-13)17-10-11(2)9-15/h5-9,12,16H,4,10H2,1-3H3/b11-9+. The van der Waals surface area contributed by atoms with Crippen LogP contribution in [0.15, 0.2) is 35.4 Å². The van der Waals surface area contributed by atoms with E-state index < -0.39 is 0 Å². The van der Waals surface area contributed by atoms with E-state index in [1.807, 2.05) is 19.1 Å². The third-order valence-corrected chi connectivity index (χ3v) is 2.89. The second-order valence-electron chi connectivity index (χ2n) is 4.10. The molecular formula is C14H20ClNO. The molecule has 1 aromatic rings. The minimum Gasteiger partial charge on any atom is -0.489 e. The second-order valence-corrected chi connectivity index (χ2v) is 4.31. The smallest absolute Gasteiger partial charge is 0.120 e. The molecule has 0 heterocycles. The summed E-state index contributed by atoms with van der Waals surface area (Å²) < 4.78 is 5.65. The Bertz CT molecular complexity index is 376. The molecule has 0 fully saturated rings. The fraction of sp³-hybridized carbons (Fsp3) is 0.429. The van der Waals surface area contributed by atoms with Gasteiger partial charge in [-0.15, -0.1) is 0 Å². The summed E-state index contributed by atoms with van der Waals surface area (Å²) in [7, 11) is 0. The second kappa shape index (κ2) is 7.36. The Kier molecular flexibility index (Phi) is 6.09. The van der Waals surface area contributed by atoms with Crippen LogP contribution in [0.1, 0.15) is 32.4 Å².